The first-order chi connectivity index (χ1) is 6.95. The first-order valence-electron chi connectivity index (χ1n) is 5.02. The van der Waals surface area contributed by atoms with E-state index < -0.39 is 0 Å². The topological polar surface area (TPSA) is 24.9 Å². The Kier molecular flexibility index (Phi) is 3.91. The maximum Gasteiger partial charge on any atom is 0.0579 e. The highest BCUT2D eigenvalue weighted by Gasteiger charge is 2.19. The Hall–Kier alpha value is -0.830. The van der Waals surface area contributed by atoms with Gasteiger partial charge in [0.1, 0.15) is 0 Å². The first-order valence-corrected chi connectivity index (χ1v) is 5.82. The molecule has 0 saturated carbocycles. The number of nitrogens with zero attached hydrogens (tertiary/aromatic N) is 1. The molecule has 1 rings (SSSR count). The predicted molar refractivity (Wildman–Crippen MR) is 68.8 cm³/mol. The molecule has 0 aliphatic heterocycles. The van der Waals surface area contributed by atoms with Crippen LogP contribution in [0.15, 0.2) is 35.2 Å². The number of hydrogen-bond acceptors (Lipinski definition) is 2. The summed E-state index contributed by atoms with van der Waals surface area (Å²) in [7, 11) is 0. The molecule has 0 aliphatic rings. The molecular weight excluding hydrogens is 252 g/mol. The van der Waals surface area contributed by atoms with Gasteiger partial charge in [0.2, 0.25) is 0 Å². The van der Waals surface area contributed by atoms with E-state index in [1.54, 1.807) is 12.4 Å². The Bertz CT molecular complexity index is 358. The molecule has 0 aliphatic carbocycles. The van der Waals surface area contributed by atoms with E-state index in [1.807, 2.05) is 6.07 Å². The molecule has 15 heavy (non-hydrogen) atoms. The number of halogens is 1. The predicted octanol–water partition coefficient (Wildman–Crippen LogP) is 4.21. The molecule has 0 atom stereocenters. The molecule has 0 spiro atoms. The monoisotopic (exact) mass is 268 g/mol. The van der Waals surface area contributed by atoms with Crippen molar-refractivity contribution >= 4 is 21.6 Å². The summed E-state index contributed by atoms with van der Waals surface area (Å²) in [6, 6.07) is 1.99. The Labute approximate surface area is 99.9 Å². The van der Waals surface area contributed by atoms with Crippen LogP contribution in [0.5, 0.6) is 0 Å². The number of pyridine rings is 1. The lowest BCUT2D eigenvalue weighted by atomic mass is 9.87. The fourth-order valence-electron chi connectivity index (χ4n) is 1.04. The molecule has 0 saturated heterocycles. The normalized spacial score (nSPS) is 11.2. The maximum absolute atomic E-state index is 4.09. The molecule has 0 amide bonds. The molecule has 0 aromatic carbocycles. The third-order valence-electron chi connectivity index (χ3n) is 2.70. The van der Waals surface area contributed by atoms with Crippen molar-refractivity contribution in [2.24, 2.45) is 5.41 Å². The van der Waals surface area contributed by atoms with Crippen LogP contribution in [0.3, 0.4) is 0 Å². The van der Waals surface area contributed by atoms with Crippen molar-refractivity contribution in [2.75, 3.05) is 5.32 Å². The number of nitrogens with one attached hydrogen (secondary N) is 1. The Morgan fingerprint density at radius 3 is 2.73 bits per heavy atom. The fourth-order valence-corrected chi connectivity index (χ4v) is 1.40. The largest absolute Gasteiger partial charge is 0.358 e. The van der Waals surface area contributed by atoms with Gasteiger partial charge in [0.25, 0.3) is 0 Å². The minimum absolute atomic E-state index is 0.0995. The van der Waals surface area contributed by atoms with Crippen LogP contribution in [-0.4, -0.2) is 4.98 Å². The van der Waals surface area contributed by atoms with Crippen molar-refractivity contribution in [3.05, 3.63) is 35.2 Å². The molecule has 0 radical (unpaired) electrons. The SMILES string of the molecule is C=C(Nc1cncc(Br)c1)C(C)(C)CC. The number of allylic oxidation sites excluding steroid dienone is 1. The summed E-state index contributed by atoms with van der Waals surface area (Å²) in [6.07, 6.45) is 4.61. The summed E-state index contributed by atoms with van der Waals surface area (Å²) >= 11 is 3.39. The molecule has 1 N–H and O–H groups in total. The third kappa shape index (κ3) is 3.34. The van der Waals surface area contributed by atoms with E-state index in [2.05, 4.69) is 53.6 Å². The van der Waals surface area contributed by atoms with E-state index in [4.69, 9.17) is 0 Å². The van der Waals surface area contributed by atoms with Crippen LogP contribution >= 0.6 is 15.9 Å². The van der Waals surface area contributed by atoms with E-state index in [1.165, 1.54) is 0 Å². The van der Waals surface area contributed by atoms with Crippen LogP contribution in [-0.2, 0) is 0 Å². The molecule has 1 aromatic heterocycles. The van der Waals surface area contributed by atoms with Gasteiger partial charge in [-0.3, -0.25) is 4.98 Å². The number of anilines is 1. The number of aromatic nitrogens is 1. The second-order valence-corrected chi connectivity index (χ2v) is 5.15. The molecule has 3 heteroatoms. The second kappa shape index (κ2) is 4.79. The molecule has 1 aromatic rings. The van der Waals surface area contributed by atoms with Crippen LogP contribution < -0.4 is 5.32 Å². The van der Waals surface area contributed by atoms with Gasteiger partial charge in [0, 0.05) is 21.8 Å². The van der Waals surface area contributed by atoms with E-state index in [9.17, 15) is 0 Å². The summed E-state index contributed by atoms with van der Waals surface area (Å²) in [5.41, 5.74) is 2.09. The molecule has 0 bridgehead atoms. The van der Waals surface area contributed by atoms with E-state index >= 15 is 0 Å². The molecule has 0 fully saturated rings. The highest BCUT2D eigenvalue weighted by molar-refractivity contribution is 9.10. The van der Waals surface area contributed by atoms with Crippen LogP contribution in [0.25, 0.3) is 0 Å². The standard InChI is InChI=1S/C12H17BrN2/c1-5-12(3,4)9(2)15-11-6-10(13)7-14-8-11/h6-8,15H,2,5H2,1,3-4H3. The van der Waals surface area contributed by atoms with Crippen LogP contribution in [0, 0.1) is 5.41 Å². The van der Waals surface area contributed by atoms with Gasteiger partial charge in [-0.2, -0.15) is 0 Å². The van der Waals surface area contributed by atoms with Gasteiger partial charge in [0.05, 0.1) is 11.9 Å². The van der Waals surface area contributed by atoms with Gasteiger partial charge in [-0.15, -0.1) is 0 Å². The number of hydrogen-bond donors (Lipinski definition) is 1. The zero-order valence-corrected chi connectivity index (χ0v) is 11.1. The van der Waals surface area contributed by atoms with E-state index in [0.29, 0.717) is 0 Å². The zero-order valence-electron chi connectivity index (χ0n) is 9.47. The van der Waals surface area contributed by atoms with Crippen LogP contribution in [0.4, 0.5) is 5.69 Å². The van der Waals surface area contributed by atoms with Crippen molar-refractivity contribution in [2.45, 2.75) is 27.2 Å². The first kappa shape index (κ1) is 12.2. The van der Waals surface area contributed by atoms with Crippen LogP contribution in [0.2, 0.25) is 0 Å². The average Bonchev–Trinajstić information content (AvgIpc) is 2.17. The van der Waals surface area contributed by atoms with Gasteiger partial charge in [-0.1, -0.05) is 27.4 Å². The summed E-state index contributed by atoms with van der Waals surface area (Å²) in [5.74, 6) is 0. The smallest absolute Gasteiger partial charge is 0.0579 e. The molecule has 82 valence electrons. The number of rotatable bonds is 4. The van der Waals surface area contributed by atoms with Crippen molar-refractivity contribution in [3.63, 3.8) is 0 Å². The van der Waals surface area contributed by atoms with Gasteiger partial charge in [0.15, 0.2) is 0 Å². The molecular formula is C12H17BrN2. The maximum atomic E-state index is 4.09. The second-order valence-electron chi connectivity index (χ2n) is 4.23. The lowest BCUT2D eigenvalue weighted by Gasteiger charge is -2.26. The zero-order chi connectivity index (χ0) is 11.5. The summed E-state index contributed by atoms with van der Waals surface area (Å²) in [5, 5.41) is 3.29. The third-order valence-corrected chi connectivity index (χ3v) is 3.13. The van der Waals surface area contributed by atoms with Gasteiger partial charge < -0.3 is 5.32 Å². The highest BCUT2D eigenvalue weighted by Crippen LogP contribution is 2.29. The van der Waals surface area contributed by atoms with Crippen molar-refractivity contribution in [1.82, 2.24) is 4.98 Å². The van der Waals surface area contributed by atoms with Crippen molar-refractivity contribution in [1.29, 1.82) is 0 Å². The Balaban J connectivity index is 2.75. The van der Waals surface area contributed by atoms with Crippen LogP contribution in [0.1, 0.15) is 27.2 Å². The fraction of sp³-hybridized carbons (Fsp3) is 0.417. The van der Waals surface area contributed by atoms with Crippen molar-refractivity contribution in [3.8, 4) is 0 Å². The molecule has 1 heterocycles. The van der Waals surface area contributed by atoms with E-state index in [0.717, 1.165) is 22.3 Å². The summed E-state index contributed by atoms with van der Waals surface area (Å²) in [6.45, 7) is 10.6. The Morgan fingerprint density at radius 1 is 1.53 bits per heavy atom. The quantitative estimate of drug-likeness (QED) is 0.885. The minimum Gasteiger partial charge on any atom is -0.358 e. The molecule has 2 nitrogen and oxygen atoms in total. The van der Waals surface area contributed by atoms with Gasteiger partial charge in [-0.25, -0.2) is 0 Å². The molecule has 0 unspecified atom stereocenters. The summed E-state index contributed by atoms with van der Waals surface area (Å²) in [4.78, 5) is 4.09. The lowest BCUT2D eigenvalue weighted by molar-refractivity contribution is 0.434. The van der Waals surface area contributed by atoms with Gasteiger partial charge in [-0.05, 0) is 28.4 Å². The van der Waals surface area contributed by atoms with Crippen molar-refractivity contribution < 1.29 is 0 Å². The average molecular weight is 269 g/mol. The highest BCUT2D eigenvalue weighted by atomic mass is 79.9. The summed E-state index contributed by atoms with van der Waals surface area (Å²) < 4.78 is 0.967. The van der Waals surface area contributed by atoms with E-state index in [-0.39, 0.29) is 5.41 Å². The lowest BCUT2D eigenvalue weighted by Crippen LogP contribution is -2.18. The minimum atomic E-state index is 0.0995. The Morgan fingerprint density at radius 2 is 2.20 bits per heavy atom. The van der Waals surface area contributed by atoms with Gasteiger partial charge >= 0.3 is 0 Å².